The number of sulfonamides is 1. The Morgan fingerprint density at radius 1 is 0.875 bits per heavy atom. The second-order valence-electron chi connectivity index (χ2n) is 8.07. The Morgan fingerprint density at radius 3 is 2.00 bits per heavy atom. The normalized spacial score (nSPS) is 18.8. The molecule has 0 unspecified atom stereocenters. The summed E-state index contributed by atoms with van der Waals surface area (Å²) in [7, 11) is -3.51. The fourth-order valence-electron chi connectivity index (χ4n) is 4.12. The van der Waals surface area contributed by atoms with Crippen molar-refractivity contribution in [3.05, 3.63) is 47.8 Å². The van der Waals surface area contributed by atoms with Gasteiger partial charge in [0.25, 0.3) is 0 Å². The number of aromatic nitrogens is 2. The van der Waals surface area contributed by atoms with E-state index in [1.54, 1.807) is 6.07 Å². The first kappa shape index (κ1) is 22.8. The summed E-state index contributed by atoms with van der Waals surface area (Å²) in [6.07, 6.45) is 0. The zero-order valence-corrected chi connectivity index (χ0v) is 18.8. The van der Waals surface area contributed by atoms with Crippen LogP contribution in [0.1, 0.15) is 5.56 Å². The molecule has 0 spiro atoms. The van der Waals surface area contributed by atoms with E-state index < -0.39 is 15.8 Å². The molecule has 11 heteroatoms. The van der Waals surface area contributed by atoms with Gasteiger partial charge in [0.05, 0.1) is 12.4 Å². The number of hydrogen-bond acceptors (Lipinski definition) is 8. The summed E-state index contributed by atoms with van der Waals surface area (Å²) in [6.45, 7) is 6.09. The third-order valence-electron chi connectivity index (χ3n) is 5.94. The van der Waals surface area contributed by atoms with E-state index in [1.807, 2.05) is 17.0 Å². The molecule has 0 radical (unpaired) electrons. The second-order valence-corrected chi connectivity index (χ2v) is 10.0. The van der Waals surface area contributed by atoms with Crippen molar-refractivity contribution in [3.8, 4) is 0 Å². The summed E-state index contributed by atoms with van der Waals surface area (Å²) in [5.41, 5.74) is 0.450. The fourth-order valence-corrected chi connectivity index (χ4v) is 5.62. The Labute approximate surface area is 188 Å². The minimum atomic E-state index is -3.51. The van der Waals surface area contributed by atoms with Gasteiger partial charge in [0, 0.05) is 58.9 Å². The second kappa shape index (κ2) is 10.1. The van der Waals surface area contributed by atoms with Crippen LogP contribution in [0.5, 0.6) is 0 Å². The maximum absolute atomic E-state index is 13.4. The Kier molecular flexibility index (Phi) is 7.19. The largest absolute Gasteiger partial charge is 0.395 e. The molecule has 1 N–H and O–H groups in total. The van der Waals surface area contributed by atoms with Gasteiger partial charge in [0.2, 0.25) is 10.0 Å². The van der Waals surface area contributed by atoms with Gasteiger partial charge in [0.1, 0.15) is 5.82 Å². The molecule has 0 saturated carbocycles. The lowest BCUT2D eigenvalue weighted by Crippen LogP contribution is -2.49. The Morgan fingerprint density at radius 2 is 1.47 bits per heavy atom. The molecular weight excluding hydrogens is 435 g/mol. The standard InChI is InChI=1S/C21H29FN6O3S/c22-19-3-1-2-18(16-19)17-32(30,31)28-12-10-27(11-13-28)21-5-4-20(23-24-21)26-8-6-25(7-9-26)14-15-29/h1-5,16,29H,6-15,17H2. The molecule has 32 heavy (non-hydrogen) atoms. The Bertz CT molecular complexity index is 991. The zero-order valence-electron chi connectivity index (χ0n) is 18.0. The summed E-state index contributed by atoms with van der Waals surface area (Å²) in [5.74, 6) is 0.922. The van der Waals surface area contributed by atoms with Crippen molar-refractivity contribution in [1.29, 1.82) is 0 Å². The molecule has 0 amide bonds. The molecule has 2 aromatic rings. The molecule has 3 heterocycles. The van der Waals surface area contributed by atoms with Gasteiger partial charge in [-0.15, -0.1) is 10.2 Å². The van der Waals surface area contributed by atoms with E-state index >= 15 is 0 Å². The molecular formula is C21H29FN6O3S. The van der Waals surface area contributed by atoms with Gasteiger partial charge in [0.15, 0.2) is 11.6 Å². The minimum absolute atomic E-state index is 0.174. The number of aliphatic hydroxyl groups is 1. The maximum Gasteiger partial charge on any atom is 0.218 e. The van der Waals surface area contributed by atoms with Gasteiger partial charge in [-0.1, -0.05) is 12.1 Å². The molecule has 2 aliphatic rings. The maximum atomic E-state index is 13.4. The molecule has 174 valence electrons. The van der Waals surface area contributed by atoms with Gasteiger partial charge in [-0.05, 0) is 29.8 Å². The third-order valence-corrected chi connectivity index (χ3v) is 7.79. The first-order valence-electron chi connectivity index (χ1n) is 10.8. The van der Waals surface area contributed by atoms with Crippen molar-refractivity contribution >= 4 is 21.7 Å². The van der Waals surface area contributed by atoms with E-state index in [-0.39, 0.29) is 12.4 Å². The molecule has 9 nitrogen and oxygen atoms in total. The van der Waals surface area contributed by atoms with Gasteiger partial charge in [-0.25, -0.2) is 12.8 Å². The predicted octanol–water partition coefficient (Wildman–Crippen LogP) is 0.382. The molecule has 2 saturated heterocycles. The van der Waals surface area contributed by atoms with E-state index in [4.69, 9.17) is 5.11 Å². The van der Waals surface area contributed by atoms with Gasteiger partial charge in [-0.2, -0.15) is 4.31 Å². The SMILES string of the molecule is O=S(=O)(Cc1cccc(F)c1)N1CCN(c2ccc(N3CCN(CCO)CC3)nn2)CC1. The van der Waals surface area contributed by atoms with Crippen LogP contribution in [0.15, 0.2) is 36.4 Å². The summed E-state index contributed by atoms with van der Waals surface area (Å²) < 4.78 is 40.3. The number of nitrogens with zero attached hydrogens (tertiary/aromatic N) is 6. The predicted molar refractivity (Wildman–Crippen MR) is 121 cm³/mol. The number of rotatable bonds is 7. The summed E-state index contributed by atoms with van der Waals surface area (Å²) in [4.78, 5) is 6.44. The molecule has 2 fully saturated rings. The van der Waals surface area contributed by atoms with Crippen molar-refractivity contribution in [1.82, 2.24) is 19.4 Å². The van der Waals surface area contributed by atoms with Crippen molar-refractivity contribution in [2.45, 2.75) is 5.75 Å². The summed E-state index contributed by atoms with van der Waals surface area (Å²) >= 11 is 0. The molecule has 1 aromatic carbocycles. The van der Waals surface area contributed by atoms with Crippen molar-refractivity contribution in [3.63, 3.8) is 0 Å². The summed E-state index contributed by atoms with van der Waals surface area (Å²) in [6, 6.07) is 9.60. The van der Waals surface area contributed by atoms with Crippen LogP contribution in [0.25, 0.3) is 0 Å². The average molecular weight is 465 g/mol. The van der Waals surface area contributed by atoms with Gasteiger partial charge >= 0.3 is 0 Å². The van der Waals surface area contributed by atoms with Crippen LogP contribution >= 0.6 is 0 Å². The lowest BCUT2D eigenvalue weighted by Gasteiger charge is -2.36. The first-order chi connectivity index (χ1) is 15.4. The highest BCUT2D eigenvalue weighted by Crippen LogP contribution is 2.20. The van der Waals surface area contributed by atoms with Crippen LogP contribution in [-0.2, 0) is 15.8 Å². The number of halogens is 1. The van der Waals surface area contributed by atoms with E-state index in [2.05, 4.69) is 20.0 Å². The molecule has 0 aliphatic carbocycles. The topological polar surface area (TPSA) is 93.1 Å². The van der Waals surface area contributed by atoms with Gasteiger partial charge < -0.3 is 14.9 Å². The van der Waals surface area contributed by atoms with E-state index in [1.165, 1.54) is 22.5 Å². The lowest BCUT2D eigenvalue weighted by molar-refractivity contribution is 0.188. The van der Waals surface area contributed by atoms with Crippen molar-refractivity contribution < 1.29 is 17.9 Å². The van der Waals surface area contributed by atoms with Crippen LogP contribution in [0, 0.1) is 5.82 Å². The van der Waals surface area contributed by atoms with Gasteiger partial charge in [-0.3, -0.25) is 4.90 Å². The molecule has 0 bridgehead atoms. The lowest BCUT2D eigenvalue weighted by atomic mass is 10.2. The first-order valence-corrected chi connectivity index (χ1v) is 12.4. The van der Waals surface area contributed by atoms with Crippen LogP contribution in [0.2, 0.25) is 0 Å². The zero-order chi connectivity index (χ0) is 22.6. The van der Waals surface area contributed by atoms with E-state index in [0.717, 1.165) is 37.8 Å². The van der Waals surface area contributed by atoms with Crippen LogP contribution in [0.3, 0.4) is 0 Å². The van der Waals surface area contributed by atoms with Crippen molar-refractivity contribution in [2.75, 3.05) is 75.3 Å². The molecule has 4 rings (SSSR count). The van der Waals surface area contributed by atoms with Crippen LogP contribution in [0.4, 0.5) is 16.0 Å². The molecule has 0 atom stereocenters. The Hall–Kier alpha value is -2.34. The Balaban J connectivity index is 1.30. The fraction of sp³-hybridized carbons (Fsp3) is 0.524. The monoisotopic (exact) mass is 464 g/mol. The minimum Gasteiger partial charge on any atom is -0.395 e. The van der Waals surface area contributed by atoms with E-state index in [0.29, 0.717) is 38.3 Å². The highest BCUT2D eigenvalue weighted by Gasteiger charge is 2.28. The smallest absolute Gasteiger partial charge is 0.218 e. The van der Waals surface area contributed by atoms with Crippen LogP contribution in [-0.4, -0.2) is 98.4 Å². The van der Waals surface area contributed by atoms with Crippen molar-refractivity contribution in [2.24, 2.45) is 0 Å². The molecule has 2 aliphatic heterocycles. The average Bonchev–Trinajstić information content (AvgIpc) is 2.80. The number of β-amino-alcohol motifs (C(OH)–C–C–N with tert-alkyl or cyclic N) is 1. The number of piperazine rings is 2. The van der Waals surface area contributed by atoms with E-state index in [9.17, 15) is 12.8 Å². The molecule has 1 aromatic heterocycles. The third kappa shape index (κ3) is 5.52. The summed E-state index contributed by atoms with van der Waals surface area (Å²) in [5, 5.41) is 17.8. The number of benzene rings is 1. The number of aliphatic hydroxyl groups excluding tert-OH is 1. The highest BCUT2D eigenvalue weighted by molar-refractivity contribution is 7.88. The number of anilines is 2. The van der Waals surface area contributed by atoms with Crippen LogP contribution < -0.4 is 9.80 Å². The quantitative estimate of drug-likeness (QED) is 0.629. The number of hydrogen-bond donors (Lipinski definition) is 1. The highest BCUT2D eigenvalue weighted by atomic mass is 32.2.